The second kappa shape index (κ2) is 12.0. The third-order valence-corrected chi connectivity index (χ3v) is 7.48. The van der Waals surface area contributed by atoms with Crippen molar-refractivity contribution in [2.24, 2.45) is 0 Å². The van der Waals surface area contributed by atoms with Crippen LogP contribution in [-0.2, 0) is 6.42 Å². The molecule has 0 aliphatic carbocycles. The van der Waals surface area contributed by atoms with Crippen LogP contribution >= 0.6 is 11.6 Å². The molecule has 1 aliphatic rings. The summed E-state index contributed by atoms with van der Waals surface area (Å²) in [5.41, 5.74) is 4.13. The minimum absolute atomic E-state index is 0.131. The predicted molar refractivity (Wildman–Crippen MR) is 155 cm³/mol. The smallest absolute Gasteiger partial charge is 0.255 e. The summed E-state index contributed by atoms with van der Waals surface area (Å²) in [6, 6.07) is 16.1. The molecule has 0 saturated carbocycles. The summed E-state index contributed by atoms with van der Waals surface area (Å²) in [5.74, 6) is 0.289. The van der Waals surface area contributed by atoms with Crippen molar-refractivity contribution in [3.63, 3.8) is 0 Å². The Morgan fingerprint density at radius 1 is 1.02 bits per heavy atom. The number of hydrogen-bond donors (Lipinski definition) is 3. The molecule has 2 heterocycles. The number of aliphatic hydroxyl groups is 1. The molecule has 1 aromatic heterocycles. The van der Waals surface area contributed by atoms with E-state index in [9.17, 15) is 14.7 Å². The largest absolute Gasteiger partial charge is 0.486 e. The van der Waals surface area contributed by atoms with E-state index in [1.807, 2.05) is 50.4 Å². The van der Waals surface area contributed by atoms with Gasteiger partial charge in [-0.3, -0.25) is 9.59 Å². The standard InChI is InChI=1S/C31H32ClN3O5/c1-3-35(4-2)31(38)24-10-9-19(15-26(24)32)20-14-25(29-28(16-20)39-11-12-40-29)30(37)34-22(18-36)13-21-17-33-27-8-6-5-7-23(21)27/h5-10,14-17,22,33,36H,3-4,11-13,18H2,1-2H3,(H,34,37)/t22-/m1/s1. The fourth-order valence-corrected chi connectivity index (χ4v) is 5.29. The van der Waals surface area contributed by atoms with Crippen molar-refractivity contribution in [1.82, 2.24) is 15.2 Å². The summed E-state index contributed by atoms with van der Waals surface area (Å²) in [6.07, 6.45) is 2.35. The van der Waals surface area contributed by atoms with Gasteiger partial charge in [-0.25, -0.2) is 0 Å². The number of ether oxygens (including phenoxy) is 2. The van der Waals surface area contributed by atoms with Crippen molar-refractivity contribution in [1.29, 1.82) is 0 Å². The molecule has 8 nitrogen and oxygen atoms in total. The molecular weight excluding hydrogens is 530 g/mol. The van der Waals surface area contributed by atoms with Crippen LogP contribution in [0.5, 0.6) is 11.5 Å². The second-order valence-electron chi connectivity index (χ2n) is 9.64. The molecule has 208 valence electrons. The zero-order chi connectivity index (χ0) is 28.2. The van der Waals surface area contributed by atoms with E-state index in [0.29, 0.717) is 65.9 Å². The van der Waals surface area contributed by atoms with E-state index in [1.165, 1.54) is 0 Å². The summed E-state index contributed by atoms with van der Waals surface area (Å²) in [6.45, 7) is 5.46. The van der Waals surface area contributed by atoms with Crippen LogP contribution in [0, 0.1) is 0 Å². The summed E-state index contributed by atoms with van der Waals surface area (Å²) in [7, 11) is 0. The zero-order valence-electron chi connectivity index (χ0n) is 22.5. The third kappa shape index (κ3) is 5.50. The van der Waals surface area contributed by atoms with Gasteiger partial charge in [0.2, 0.25) is 0 Å². The van der Waals surface area contributed by atoms with Crippen LogP contribution in [0.15, 0.2) is 60.8 Å². The minimum Gasteiger partial charge on any atom is -0.486 e. The maximum Gasteiger partial charge on any atom is 0.255 e. The quantitative estimate of drug-likeness (QED) is 0.264. The van der Waals surface area contributed by atoms with Crippen molar-refractivity contribution in [2.75, 3.05) is 32.9 Å². The van der Waals surface area contributed by atoms with Gasteiger partial charge in [0.25, 0.3) is 11.8 Å². The van der Waals surface area contributed by atoms with Crippen LogP contribution in [0.3, 0.4) is 0 Å². The zero-order valence-corrected chi connectivity index (χ0v) is 23.3. The van der Waals surface area contributed by atoms with Gasteiger partial charge in [-0.2, -0.15) is 0 Å². The Morgan fingerprint density at radius 2 is 1.80 bits per heavy atom. The van der Waals surface area contributed by atoms with Crippen molar-refractivity contribution in [3.05, 3.63) is 82.5 Å². The van der Waals surface area contributed by atoms with Crippen molar-refractivity contribution in [2.45, 2.75) is 26.3 Å². The number of amides is 2. The van der Waals surface area contributed by atoms with E-state index in [2.05, 4.69) is 10.3 Å². The molecule has 3 N–H and O–H groups in total. The number of hydrogen-bond acceptors (Lipinski definition) is 5. The Kier molecular flexibility index (Phi) is 8.28. The Hall–Kier alpha value is -4.01. The average molecular weight is 562 g/mol. The SMILES string of the molecule is CCN(CC)C(=O)c1ccc(-c2cc3c(c(C(=O)N[C@@H](CO)Cc4c[nH]c5ccccc45)c2)OCCO3)cc1Cl. The van der Waals surface area contributed by atoms with Crippen LogP contribution in [0.2, 0.25) is 5.02 Å². The summed E-state index contributed by atoms with van der Waals surface area (Å²) >= 11 is 6.56. The lowest BCUT2D eigenvalue weighted by atomic mass is 9.99. The Morgan fingerprint density at radius 3 is 2.55 bits per heavy atom. The molecule has 1 atom stereocenters. The molecular formula is C31H32ClN3O5. The topological polar surface area (TPSA) is 104 Å². The van der Waals surface area contributed by atoms with Gasteiger partial charge in [0.1, 0.15) is 13.2 Å². The number of halogens is 1. The van der Waals surface area contributed by atoms with E-state index >= 15 is 0 Å². The second-order valence-corrected chi connectivity index (χ2v) is 10.0. The lowest BCUT2D eigenvalue weighted by molar-refractivity contribution is 0.0772. The first-order valence-corrected chi connectivity index (χ1v) is 13.8. The average Bonchev–Trinajstić information content (AvgIpc) is 3.39. The van der Waals surface area contributed by atoms with Crippen LogP contribution in [0.4, 0.5) is 0 Å². The van der Waals surface area contributed by atoms with Crippen molar-refractivity contribution >= 4 is 34.3 Å². The molecule has 40 heavy (non-hydrogen) atoms. The summed E-state index contributed by atoms with van der Waals surface area (Å²) in [4.78, 5) is 31.4. The molecule has 0 bridgehead atoms. The number of aromatic amines is 1. The first kappa shape index (κ1) is 27.6. The molecule has 9 heteroatoms. The minimum atomic E-state index is -0.518. The normalized spacial score (nSPS) is 13.2. The van der Waals surface area contributed by atoms with Gasteiger partial charge in [0, 0.05) is 30.2 Å². The Bertz CT molecular complexity index is 1550. The van der Waals surface area contributed by atoms with Crippen LogP contribution < -0.4 is 14.8 Å². The number of benzene rings is 3. The fraction of sp³-hybridized carbons (Fsp3) is 0.290. The number of carbonyl (C=O) groups excluding carboxylic acids is 2. The van der Waals surface area contributed by atoms with Gasteiger partial charge in [-0.1, -0.05) is 35.9 Å². The molecule has 3 aromatic carbocycles. The van der Waals surface area contributed by atoms with E-state index in [0.717, 1.165) is 22.0 Å². The molecule has 5 rings (SSSR count). The molecule has 0 fully saturated rings. The summed E-state index contributed by atoms with van der Waals surface area (Å²) < 4.78 is 11.7. The molecule has 2 amide bonds. The number of aliphatic hydroxyl groups excluding tert-OH is 1. The molecule has 0 spiro atoms. The fourth-order valence-electron chi connectivity index (χ4n) is 5.03. The van der Waals surface area contributed by atoms with Crippen LogP contribution in [0.1, 0.15) is 40.1 Å². The number of nitrogens with one attached hydrogen (secondary N) is 2. The molecule has 1 aliphatic heterocycles. The first-order chi connectivity index (χ1) is 19.4. The number of rotatable bonds is 9. The highest BCUT2D eigenvalue weighted by Gasteiger charge is 2.25. The van der Waals surface area contributed by atoms with Crippen LogP contribution in [0.25, 0.3) is 22.0 Å². The van der Waals surface area contributed by atoms with E-state index in [-0.39, 0.29) is 18.4 Å². The van der Waals surface area contributed by atoms with E-state index < -0.39 is 6.04 Å². The maximum absolute atomic E-state index is 13.6. The summed E-state index contributed by atoms with van der Waals surface area (Å²) in [5, 5.41) is 14.4. The van der Waals surface area contributed by atoms with E-state index in [1.54, 1.807) is 29.2 Å². The number of carbonyl (C=O) groups is 2. The van der Waals surface area contributed by atoms with Gasteiger partial charge >= 0.3 is 0 Å². The molecule has 0 radical (unpaired) electrons. The van der Waals surface area contributed by atoms with Crippen LogP contribution in [-0.4, -0.2) is 65.8 Å². The third-order valence-electron chi connectivity index (χ3n) is 7.17. The first-order valence-electron chi connectivity index (χ1n) is 13.4. The monoisotopic (exact) mass is 561 g/mol. The lowest BCUT2D eigenvalue weighted by Crippen LogP contribution is -2.39. The Balaban J connectivity index is 1.43. The van der Waals surface area contributed by atoms with Gasteiger partial charge in [-0.05, 0) is 67.3 Å². The number of H-pyrrole nitrogens is 1. The number of nitrogens with zero attached hydrogens (tertiary/aromatic N) is 1. The van der Waals surface area contributed by atoms with Crippen molar-refractivity contribution < 1.29 is 24.2 Å². The lowest BCUT2D eigenvalue weighted by Gasteiger charge is -2.23. The van der Waals surface area contributed by atoms with Gasteiger partial charge in [0.15, 0.2) is 11.5 Å². The predicted octanol–water partition coefficient (Wildman–Crippen LogP) is 5.07. The maximum atomic E-state index is 13.6. The number of para-hydroxylation sites is 1. The molecule has 4 aromatic rings. The number of aromatic nitrogens is 1. The highest BCUT2D eigenvalue weighted by atomic mass is 35.5. The number of fused-ring (bicyclic) bond motifs is 2. The Labute approximate surface area is 237 Å². The highest BCUT2D eigenvalue weighted by Crippen LogP contribution is 2.39. The van der Waals surface area contributed by atoms with Crippen molar-refractivity contribution in [3.8, 4) is 22.6 Å². The van der Waals surface area contributed by atoms with E-state index in [4.69, 9.17) is 21.1 Å². The molecule has 0 saturated heterocycles. The highest BCUT2D eigenvalue weighted by molar-refractivity contribution is 6.34. The van der Waals surface area contributed by atoms with Gasteiger partial charge < -0.3 is 29.8 Å². The van der Waals surface area contributed by atoms with Gasteiger partial charge in [0.05, 0.1) is 28.8 Å². The molecule has 0 unspecified atom stereocenters. The van der Waals surface area contributed by atoms with Gasteiger partial charge in [-0.15, -0.1) is 0 Å².